The predicted octanol–water partition coefficient (Wildman–Crippen LogP) is 5.15. The molecule has 0 saturated heterocycles. The van der Waals surface area contributed by atoms with Crippen LogP contribution < -0.4 is 5.32 Å². The van der Waals surface area contributed by atoms with Crippen molar-refractivity contribution >= 4 is 28.2 Å². The molecule has 0 spiro atoms. The highest BCUT2D eigenvalue weighted by molar-refractivity contribution is 7.10. The molecule has 2 aromatic carbocycles. The first-order chi connectivity index (χ1) is 15.8. The van der Waals surface area contributed by atoms with Gasteiger partial charge in [-0.3, -0.25) is 14.9 Å². The van der Waals surface area contributed by atoms with Crippen LogP contribution in [0.25, 0.3) is 0 Å². The molecule has 2 heterocycles. The Balaban J connectivity index is 1.95. The fraction of sp³-hybridized carbons (Fsp3) is 0.333. The van der Waals surface area contributed by atoms with Gasteiger partial charge in [0.05, 0.1) is 16.7 Å². The summed E-state index contributed by atoms with van der Waals surface area (Å²) in [4.78, 5) is 24.2. The molecule has 8 nitrogen and oxygen atoms in total. The van der Waals surface area contributed by atoms with Gasteiger partial charge in [0.1, 0.15) is 10.4 Å². The van der Waals surface area contributed by atoms with E-state index in [0.29, 0.717) is 11.3 Å². The molecule has 0 radical (unpaired) electrons. The summed E-state index contributed by atoms with van der Waals surface area (Å²) in [6.45, 7) is 3.68. The van der Waals surface area contributed by atoms with Gasteiger partial charge in [-0.1, -0.05) is 42.5 Å². The number of methoxy groups -OCH3 is 1. The van der Waals surface area contributed by atoms with Gasteiger partial charge in [-0.2, -0.15) is 4.37 Å². The molecular formula is C24H25N3O5S. The first kappa shape index (κ1) is 22.9. The summed E-state index contributed by atoms with van der Waals surface area (Å²) in [5.41, 5.74) is 1.50. The molecule has 0 bridgehead atoms. The highest BCUT2D eigenvalue weighted by Crippen LogP contribution is 2.56. The maximum Gasteiger partial charge on any atom is 0.312 e. The monoisotopic (exact) mass is 467 g/mol. The molecule has 1 aliphatic heterocycles. The second-order valence-electron chi connectivity index (χ2n) is 8.35. The number of nitro groups is 1. The summed E-state index contributed by atoms with van der Waals surface area (Å²) in [6.07, 6.45) is -0.319. The molecule has 1 aromatic heterocycles. The molecule has 3 aromatic rings. The van der Waals surface area contributed by atoms with Gasteiger partial charge in [-0.05, 0) is 42.9 Å². The lowest BCUT2D eigenvalue weighted by Crippen LogP contribution is -2.53. The van der Waals surface area contributed by atoms with Gasteiger partial charge in [0.2, 0.25) is 0 Å². The average molecular weight is 468 g/mol. The minimum Gasteiger partial charge on any atom is -0.481 e. The Kier molecular flexibility index (Phi) is 6.18. The number of ether oxygens (including phenoxy) is 1. The summed E-state index contributed by atoms with van der Waals surface area (Å²) in [5, 5.41) is 26.4. The van der Waals surface area contributed by atoms with Crippen molar-refractivity contribution in [2.45, 2.75) is 38.3 Å². The van der Waals surface area contributed by atoms with E-state index >= 15 is 0 Å². The van der Waals surface area contributed by atoms with Crippen LogP contribution in [0.1, 0.15) is 47.8 Å². The van der Waals surface area contributed by atoms with Gasteiger partial charge < -0.3 is 15.2 Å². The van der Waals surface area contributed by atoms with E-state index in [1.54, 1.807) is 19.2 Å². The lowest BCUT2D eigenvalue weighted by atomic mass is 9.60. The van der Waals surface area contributed by atoms with Crippen LogP contribution in [0.15, 0.2) is 54.6 Å². The summed E-state index contributed by atoms with van der Waals surface area (Å²) in [7, 11) is 1.57. The maximum atomic E-state index is 13.2. The van der Waals surface area contributed by atoms with E-state index < -0.39 is 34.4 Å². The molecule has 0 aliphatic carbocycles. The Morgan fingerprint density at radius 3 is 2.67 bits per heavy atom. The second kappa shape index (κ2) is 8.92. The standard InChI is InChI=1S/C24H25N3O5S/c1-14-20-21(17-10-7-11-18(12-17)27(30)31)24(23(28)29,15(2)25-22(20)33-26-14)13-19(32-3)16-8-5-4-6-9-16/h4-12,15,19,21,25H,13H2,1-3H3,(H,28,29)/t15?,19-,21?,24?/m0/s1. The number of carboxylic acid groups (broad SMARTS) is 1. The Bertz CT molecular complexity index is 1180. The first-order valence-electron chi connectivity index (χ1n) is 10.6. The quantitative estimate of drug-likeness (QED) is 0.364. The smallest absolute Gasteiger partial charge is 0.312 e. The van der Waals surface area contributed by atoms with Crippen molar-refractivity contribution in [2.24, 2.45) is 5.41 Å². The number of carbonyl (C=O) groups is 1. The number of aromatic nitrogens is 1. The maximum absolute atomic E-state index is 13.2. The normalized spacial score (nSPS) is 22.8. The SMILES string of the molecule is CO[C@@H](CC1(C(=O)O)C(C)Nc2snc(C)c2C1c1cccc([N+](=O)[O-])c1)c1ccccc1. The Morgan fingerprint density at radius 2 is 2.03 bits per heavy atom. The summed E-state index contributed by atoms with van der Waals surface area (Å²) in [6, 6.07) is 15.3. The number of fused-ring (bicyclic) bond motifs is 1. The number of anilines is 1. The van der Waals surface area contributed by atoms with Gasteiger partial charge in [-0.25, -0.2) is 0 Å². The van der Waals surface area contributed by atoms with Gasteiger partial charge in [0.25, 0.3) is 5.69 Å². The fourth-order valence-electron chi connectivity index (χ4n) is 4.94. The van der Waals surface area contributed by atoms with Crippen molar-refractivity contribution in [1.29, 1.82) is 0 Å². The van der Waals surface area contributed by atoms with Gasteiger partial charge >= 0.3 is 5.97 Å². The lowest BCUT2D eigenvalue weighted by Gasteiger charge is -2.47. The Labute approximate surface area is 195 Å². The number of rotatable bonds is 7. The first-order valence-corrected chi connectivity index (χ1v) is 11.3. The minimum absolute atomic E-state index is 0.0771. The van der Waals surface area contributed by atoms with Gasteiger partial charge in [0, 0.05) is 36.8 Å². The van der Waals surface area contributed by atoms with Crippen LogP contribution in [0.5, 0.6) is 0 Å². The molecule has 4 rings (SSSR count). The summed E-state index contributed by atoms with van der Waals surface area (Å²) in [5.74, 6) is -1.64. The summed E-state index contributed by atoms with van der Waals surface area (Å²) >= 11 is 1.28. The van der Waals surface area contributed by atoms with Crippen molar-refractivity contribution in [3.05, 3.63) is 87.1 Å². The zero-order valence-corrected chi connectivity index (χ0v) is 19.3. The van der Waals surface area contributed by atoms with Crippen molar-refractivity contribution in [3.63, 3.8) is 0 Å². The van der Waals surface area contributed by atoms with Crippen LogP contribution in [0, 0.1) is 22.5 Å². The number of benzene rings is 2. The molecule has 33 heavy (non-hydrogen) atoms. The van der Waals surface area contributed by atoms with Crippen molar-refractivity contribution < 1.29 is 19.6 Å². The van der Waals surface area contributed by atoms with E-state index in [1.807, 2.05) is 44.2 Å². The fourth-order valence-corrected chi connectivity index (χ4v) is 5.86. The van der Waals surface area contributed by atoms with Crippen LogP contribution in [-0.4, -0.2) is 33.5 Å². The molecule has 9 heteroatoms. The van der Waals surface area contributed by atoms with E-state index in [-0.39, 0.29) is 12.1 Å². The highest BCUT2D eigenvalue weighted by Gasteiger charge is 2.57. The molecule has 2 N–H and O–H groups in total. The predicted molar refractivity (Wildman–Crippen MR) is 126 cm³/mol. The molecular weight excluding hydrogens is 442 g/mol. The third kappa shape index (κ3) is 3.87. The number of aliphatic carboxylic acids is 1. The molecule has 0 saturated carbocycles. The number of nitrogens with one attached hydrogen (secondary N) is 1. The van der Waals surface area contributed by atoms with Crippen LogP contribution in [0.4, 0.5) is 10.7 Å². The molecule has 0 fully saturated rings. The van der Waals surface area contributed by atoms with E-state index in [2.05, 4.69) is 9.69 Å². The third-order valence-corrected chi connectivity index (χ3v) is 7.51. The molecule has 3 unspecified atom stereocenters. The zero-order valence-electron chi connectivity index (χ0n) is 18.5. The lowest BCUT2D eigenvalue weighted by molar-refractivity contribution is -0.384. The largest absolute Gasteiger partial charge is 0.481 e. The topological polar surface area (TPSA) is 115 Å². The van der Waals surface area contributed by atoms with Crippen LogP contribution in [-0.2, 0) is 9.53 Å². The Morgan fingerprint density at radius 1 is 1.30 bits per heavy atom. The number of hydrogen-bond donors (Lipinski definition) is 2. The van der Waals surface area contributed by atoms with Crippen LogP contribution in [0.2, 0.25) is 0 Å². The number of nitrogens with zero attached hydrogens (tertiary/aromatic N) is 2. The van der Waals surface area contributed by atoms with E-state index in [4.69, 9.17) is 4.74 Å². The average Bonchev–Trinajstić information content (AvgIpc) is 3.17. The third-order valence-electron chi connectivity index (χ3n) is 6.62. The van der Waals surface area contributed by atoms with Gasteiger partial charge in [0.15, 0.2) is 0 Å². The van der Waals surface area contributed by atoms with E-state index in [1.165, 1.54) is 23.7 Å². The molecule has 4 atom stereocenters. The van der Waals surface area contributed by atoms with Gasteiger partial charge in [-0.15, -0.1) is 0 Å². The van der Waals surface area contributed by atoms with Crippen molar-refractivity contribution in [2.75, 3.05) is 12.4 Å². The molecule has 0 amide bonds. The minimum atomic E-state index is -1.35. The molecule has 172 valence electrons. The van der Waals surface area contributed by atoms with Crippen LogP contribution in [0.3, 0.4) is 0 Å². The van der Waals surface area contributed by atoms with Crippen molar-refractivity contribution in [1.82, 2.24) is 4.37 Å². The Hall–Kier alpha value is -3.30. The van der Waals surface area contributed by atoms with E-state index in [0.717, 1.165) is 16.1 Å². The number of nitro benzene ring substituents is 1. The highest BCUT2D eigenvalue weighted by atomic mass is 32.1. The number of carboxylic acids is 1. The zero-order chi connectivity index (χ0) is 23.8. The molecule has 1 aliphatic rings. The number of non-ortho nitro benzene ring substituents is 1. The number of hydrogen-bond acceptors (Lipinski definition) is 7. The van der Waals surface area contributed by atoms with E-state index in [9.17, 15) is 20.0 Å². The summed E-state index contributed by atoms with van der Waals surface area (Å²) < 4.78 is 10.3. The van der Waals surface area contributed by atoms with Crippen molar-refractivity contribution in [3.8, 4) is 0 Å². The number of aryl methyl sites for hydroxylation is 1. The van der Waals surface area contributed by atoms with Crippen LogP contribution >= 0.6 is 11.5 Å². The second-order valence-corrected chi connectivity index (χ2v) is 9.12.